The number of rotatable bonds is 6. The molecule has 0 heterocycles. The summed E-state index contributed by atoms with van der Waals surface area (Å²) < 4.78 is 62.7. The van der Waals surface area contributed by atoms with E-state index >= 15 is 0 Å². The predicted octanol–water partition coefficient (Wildman–Crippen LogP) is 4.01. The van der Waals surface area contributed by atoms with Crippen molar-refractivity contribution in [2.75, 3.05) is 0 Å². The number of hydrogen-bond donors (Lipinski definition) is 0. The second-order valence-corrected chi connectivity index (χ2v) is 12.4. The van der Waals surface area contributed by atoms with Crippen LogP contribution in [0.4, 0.5) is 13.2 Å². The molecular formula is C15H21F3O3SSi. The van der Waals surface area contributed by atoms with Crippen LogP contribution in [0.25, 0.3) is 0 Å². The summed E-state index contributed by atoms with van der Waals surface area (Å²) in [6.45, 7) is 8.08. The minimum Gasteiger partial charge on any atom is -0.384 e. The Labute approximate surface area is 136 Å². The first-order valence-electron chi connectivity index (χ1n) is 7.11. The molecule has 0 fully saturated rings. The van der Waals surface area contributed by atoms with Gasteiger partial charge in [-0.1, -0.05) is 62.5 Å². The van der Waals surface area contributed by atoms with Crippen LogP contribution < -0.4 is 5.19 Å². The van der Waals surface area contributed by atoms with Crippen LogP contribution >= 0.6 is 0 Å². The van der Waals surface area contributed by atoms with E-state index in [0.717, 1.165) is 5.19 Å². The van der Waals surface area contributed by atoms with Crippen molar-refractivity contribution in [3.8, 4) is 0 Å². The average molecular weight is 366 g/mol. The largest absolute Gasteiger partial charge is 0.534 e. The van der Waals surface area contributed by atoms with Crippen LogP contribution in [0.5, 0.6) is 0 Å². The number of allylic oxidation sites excluding steroid dienone is 1. The van der Waals surface area contributed by atoms with Crippen molar-refractivity contribution in [1.82, 2.24) is 0 Å². The summed E-state index contributed by atoms with van der Waals surface area (Å²) in [5.41, 5.74) is -5.50. The first-order chi connectivity index (χ1) is 10.4. The summed E-state index contributed by atoms with van der Waals surface area (Å²) in [6, 6.07) is 9.70. The fraction of sp³-hybridized carbons (Fsp3) is 0.467. The van der Waals surface area contributed by atoms with Crippen LogP contribution in [0.1, 0.15) is 13.8 Å². The highest BCUT2D eigenvalue weighted by Crippen LogP contribution is 2.32. The summed E-state index contributed by atoms with van der Waals surface area (Å²) >= 11 is 0. The Morgan fingerprint density at radius 2 is 1.65 bits per heavy atom. The van der Waals surface area contributed by atoms with E-state index in [0.29, 0.717) is 6.26 Å². The molecule has 0 unspecified atom stereocenters. The van der Waals surface area contributed by atoms with Crippen molar-refractivity contribution in [1.29, 1.82) is 0 Å². The Hall–Kier alpha value is -1.28. The second kappa shape index (κ2) is 7.08. The molecule has 0 saturated carbocycles. The topological polar surface area (TPSA) is 43.4 Å². The maximum Gasteiger partial charge on any atom is 0.534 e. The average Bonchev–Trinajstić information content (AvgIpc) is 2.42. The van der Waals surface area contributed by atoms with Gasteiger partial charge in [-0.15, -0.1) is 0 Å². The van der Waals surface area contributed by atoms with Crippen LogP contribution in [0, 0.1) is 5.92 Å². The molecule has 0 aliphatic carbocycles. The zero-order valence-electron chi connectivity index (χ0n) is 13.5. The van der Waals surface area contributed by atoms with Crippen LogP contribution in [-0.4, -0.2) is 22.0 Å². The second-order valence-electron chi connectivity index (χ2n) is 6.18. The van der Waals surface area contributed by atoms with E-state index in [-0.39, 0.29) is 11.5 Å². The Morgan fingerprint density at radius 3 is 2.09 bits per heavy atom. The normalized spacial score (nSPS) is 15.1. The summed E-state index contributed by atoms with van der Waals surface area (Å²) in [5.74, 6) is 0.130. The van der Waals surface area contributed by atoms with E-state index in [2.05, 4.69) is 17.3 Å². The third-order valence-electron chi connectivity index (χ3n) is 3.82. The maximum atomic E-state index is 12.3. The fourth-order valence-electron chi connectivity index (χ4n) is 2.60. The highest BCUT2D eigenvalue weighted by molar-refractivity contribution is 7.87. The van der Waals surface area contributed by atoms with Gasteiger partial charge in [-0.25, -0.2) is 0 Å². The zero-order chi connectivity index (χ0) is 17.9. The molecule has 0 radical (unpaired) electrons. The quantitative estimate of drug-likeness (QED) is 0.331. The molecular weight excluding hydrogens is 345 g/mol. The van der Waals surface area contributed by atoms with Crippen LogP contribution in [0.15, 0.2) is 42.7 Å². The molecule has 23 heavy (non-hydrogen) atoms. The highest BCUT2D eigenvalue weighted by atomic mass is 32.2. The van der Waals surface area contributed by atoms with Crippen LogP contribution in [0.3, 0.4) is 0 Å². The lowest BCUT2D eigenvalue weighted by Gasteiger charge is -2.33. The van der Waals surface area contributed by atoms with Gasteiger partial charge in [-0.05, 0) is 17.5 Å². The third kappa shape index (κ3) is 4.84. The molecule has 0 spiro atoms. The zero-order valence-corrected chi connectivity index (χ0v) is 15.3. The SMILES string of the molecule is CC(C)[C@@H](/C=C/OS(=O)(=O)C(F)(F)F)[Si](C)(C)c1ccccc1. The molecule has 0 saturated heterocycles. The van der Waals surface area contributed by atoms with Gasteiger partial charge >= 0.3 is 15.6 Å². The molecule has 3 nitrogen and oxygen atoms in total. The summed E-state index contributed by atoms with van der Waals surface area (Å²) in [6.07, 6.45) is 2.10. The van der Waals surface area contributed by atoms with Crippen molar-refractivity contribution >= 4 is 23.4 Å². The number of alkyl halides is 3. The monoisotopic (exact) mass is 366 g/mol. The summed E-state index contributed by atoms with van der Waals surface area (Å²) in [7, 11) is -7.66. The summed E-state index contributed by atoms with van der Waals surface area (Å²) in [4.78, 5) is 0. The van der Waals surface area contributed by atoms with Crippen molar-refractivity contribution in [2.24, 2.45) is 5.92 Å². The van der Waals surface area contributed by atoms with Gasteiger partial charge in [0.1, 0.15) is 6.26 Å². The van der Waals surface area contributed by atoms with Gasteiger partial charge in [0.05, 0.1) is 8.07 Å². The summed E-state index contributed by atoms with van der Waals surface area (Å²) in [5, 5.41) is 1.14. The minimum atomic E-state index is -5.60. The molecule has 1 atom stereocenters. The predicted molar refractivity (Wildman–Crippen MR) is 87.3 cm³/mol. The van der Waals surface area contributed by atoms with Crippen molar-refractivity contribution < 1.29 is 25.8 Å². The Balaban J connectivity index is 3.03. The van der Waals surface area contributed by atoms with Crippen LogP contribution in [-0.2, 0) is 14.3 Å². The van der Waals surface area contributed by atoms with E-state index in [4.69, 9.17) is 0 Å². The molecule has 0 amide bonds. The molecule has 130 valence electrons. The van der Waals surface area contributed by atoms with Gasteiger partial charge in [-0.2, -0.15) is 21.6 Å². The first-order valence-corrected chi connectivity index (χ1v) is 11.6. The molecule has 0 aromatic heterocycles. The molecule has 1 aromatic rings. The van der Waals surface area contributed by atoms with Gasteiger partial charge in [-0.3, -0.25) is 0 Å². The first kappa shape index (κ1) is 19.8. The lowest BCUT2D eigenvalue weighted by molar-refractivity contribution is -0.0515. The standard InChI is InChI=1S/C15H21F3O3SSi/c1-12(2)14(10-11-21-22(19,20)15(16,17)18)23(3,4)13-8-6-5-7-9-13/h5-12,14H,1-4H3/b11-10+/t14-/m1/s1. The molecule has 0 aliphatic heterocycles. The molecule has 1 rings (SSSR count). The van der Waals surface area contributed by atoms with Crippen molar-refractivity contribution in [2.45, 2.75) is 38.0 Å². The molecule has 0 aliphatic rings. The van der Waals surface area contributed by atoms with E-state index in [1.54, 1.807) is 0 Å². The Kier molecular flexibility index (Phi) is 6.09. The van der Waals surface area contributed by atoms with Gasteiger partial charge in [0, 0.05) is 0 Å². The Bertz CT molecular complexity index is 638. The Morgan fingerprint density at radius 1 is 1.13 bits per heavy atom. The van der Waals surface area contributed by atoms with Gasteiger partial charge in [0.15, 0.2) is 0 Å². The van der Waals surface area contributed by atoms with Crippen molar-refractivity contribution in [3.63, 3.8) is 0 Å². The van der Waals surface area contributed by atoms with E-state index in [9.17, 15) is 21.6 Å². The third-order valence-corrected chi connectivity index (χ3v) is 9.10. The highest BCUT2D eigenvalue weighted by Gasteiger charge is 2.48. The van der Waals surface area contributed by atoms with Gasteiger partial charge in [0.25, 0.3) is 0 Å². The van der Waals surface area contributed by atoms with E-state index < -0.39 is 23.7 Å². The number of benzene rings is 1. The molecule has 8 heteroatoms. The number of hydrogen-bond acceptors (Lipinski definition) is 3. The van der Waals surface area contributed by atoms with E-state index in [1.807, 2.05) is 44.2 Å². The molecule has 1 aromatic carbocycles. The van der Waals surface area contributed by atoms with Crippen molar-refractivity contribution in [3.05, 3.63) is 42.7 Å². The maximum absolute atomic E-state index is 12.3. The van der Waals surface area contributed by atoms with Gasteiger partial charge < -0.3 is 4.18 Å². The van der Waals surface area contributed by atoms with Crippen LogP contribution in [0.2, 0.25) is 18.6 Å². The lowest BCUT2D eigenvalue weighted by Crippen LogP contribution is -2.47. The number of halogens is 3. The molecule has 0 bridgehead atoms. The van der Waals surface area contributed by atoms with Gasteiger partial charge in [0.2, 0.25) is 0 Å². The van der Waals surface area contributed by atoms with E-state index in [1.165, 1.54) is 6.08 Å². The fourth-order valence-corrected chi connectivity index (χ4v) is 6.58. The minimum absolute atomic E-state index is 0.0756. The molecule has 0 N–H and O–H groups in total. The lowest BCUT2D eigenvalue weighted by atomic mass is 10.1. The smallest absolute Gasteiger partial charge is 0.384 e.